The van der Waals surface area contributed by atoms with Crippen LogP contribution in [0.5, 0.6) is 5.75 Å². The zero-order chi connectivity index (χ0) is 37.6. The van der Waals surface area contributed by atoms with Gasteiger partial charge in [0.05, 0.1) is 34.6 Å². The molecule has 1 spiro atoms. The van der Waals surface area contributed by atoms with Gasteiger partial charge in [0.15, 0.2) is 0 Å². The van der Waals surface area contributed by atoms with Crippen LogP contribution in [0.3, 0.4) is 0 Å². The minimum Gasteiger partial charge on any atom is -0.506 e. The smallest absolute Gasteiger partial charge is 0.414 e. The number of aliphatic hydroxyl groups is 1. The summed E-state index contributed by atoms with van der Waals surface area (Å²) in [5.41, 5.74) is 2.69. The topological polar surface area (TPSA) is 206 Å². The third-order valence-corrected chi connectivity index (χ3v) is 11.2. The molecule has 2 aromatic heterocycles. The summed E-state index contributed by atoms with van der Waals surface area (Å²) in [6, 6.07) is 8.32. The number of thiazole rings is 2. The van der Waals surface area contributed by atoms with Gasteiger partial charge in [0.25, 0.3) is 5.91 Å². The average Bonchev–Trinajstić information content (AvgIpc) is 3.77. The van der Waals surface area contributed by atoms with E-state index >= 15 is 0 Å². The first-order chi connectivity index (χ1) is 24.7. The molecule has 280 valence electrons. The van der Waals surface area contributed by atoms with E-state index in [4.69, 9.17) is 24.5 Å². The number of hydrogen-bond acceptors (Lipinski definition) is 12. The van der Waals surface area contributed by atoms with Gasteiger partial charge in [-0.25, -0.2) is 19.0 Å². The Morgan fingerprint density at radius 3 is 2.52 bits per heavy atom. The number of aliphatic hydroxyl groups excluding tert-OH is 1. The fourth-order valence-electron chi connectivity index (χ4n) is 6.30. The number of morpholine rings is 1. The van der Waals surface area contributed by atoms with Crippen molar-refractivity contribution in [1.82, 2.24) is 25.1 Å². The number of likely N-dealkylation sites (tertiary alicyclic amines) is 1. The summed E-state index contributed by atoms with van der Waals surface area (Å²) in [7, 11) is 0. The molecule has 1 amide bonds. The molecule has 0 radical (unpaired) electrons. The van der Waals surface area contributed by atoms with Crippen molar-refractivity contribution in [1.29, 1.82) is 0 Å². The summed E-state index contributed by atoms with van der Waals surface area (Å²) in [5, 5.41) is 41.5. The number of hydrogen-bond donors (Lipinski definition) is 6. The predicted octanol–water partition coefficient (Wildman–Crippen LogP) is 3.54. The molecule has 2 aromatic carbocycles. The molecule has 2 fully saturated rings. The fraction of sp³-hybridized carbons (Fsp3) is 0.457. The van der Waals surface area contributed by atoms with Crippen molar-refractivity contribution < 1.29 is 43.9 Å². The number of ether oxygens (including phenoxy) is 1. The Kier molecular flexibility index (Phi) is 12.8. The standard InChI is InChI=1S/C33H40FN5O5S2.C2H2O4/c1-20(2)30-36-25(18-45-30)31(42)39-13-14-44-33(19-39)8-11-38(12-9-33)17-21-3-5-24(34)22(15-21)7-10-35-16-27(41)23-4-6-26(40)28-29(23)46-32(43)37-28;3-1(4)2(5)6/h3-6,15,18,20,27,35,40-41H,7-14,16-17,19H2,1-2H3,(H,37,43);(H,3,4)(H,5,6)/t27-;/m0./s1. The van der Waals surface area contributed by atoms with E-state index in [1.165, 1.54) is 23.5 Å². The van der Waals surface area contributed by atoms with Crippen molar-refractivity contribution >= 4 is 50.7 Å². The van der Waals surface area contributed by atoms with Crippen LogP contribution in [0, 0.1) is 5.82 Å². The lowest BCUT2D eigenvalue weighted by atomic mass is 9.89. The van der Waals surface area contributed by atoms with E-state index in [2.05, 4.69) is 34.0 Å². The number of nitrogens with zero attached hydrogens (tertiary/aromatic N) is 3. The van der Waals surface area contributed by atoms with Gasteiger partial charge >= 0.3 is 16.8 Å². The molecule has 6 N–H and O–H groups in total. The number of H-pyrrole nitrogens is 1. The molecular weight excluding hydrogens is 718 g/mol. The van der Waals surface area contributed by atoms with Gasteiger partial charge in [0.2, 0.25) is 0 Å². The number of fused-ring (bicyclic) bond motifs is 1. The first-order valence-electron chi connectivity index (χ1n) is 16.8. The number of aliphatic carboxylic acids is 2. The molecule has 52 heavy (non-hydrogen) atoms. The van der Waals surface area contributed by atoms with Crippen LogP contribution >= 0.6 is 22.7 Å². The normalized spacial score (nSPS) is 16.5. The molecule has 0 unspecified atom stereocenters. The van der Waals surface area contributed by atoms with Crippen molar-refractivity contribution in [3.8, 4) is 5.75 Å². The molecule has 4 heterocycles. The molecule has 0 aliphatic carbocycles. The monoisotopic (exact) mass is 759 g/mol. The van der Waals surface area contributed by atoms with Crippen molar-refractivity contribution in [2.24, 2.45) is 0 Å². The average molecular weight is 760 g/mol. The number of aromatic nitrogens is 2. The van der Waals surface area contributed by atoms with Crippen LogP contribution in [-0.4, -0.2) is 110 Å². The number of carboxylic acids is 2. The van der Waals surface area contributed by atoms with Crippen LogP contribution in [0.2, 0.25) is 0 Å². The van der Waals surface area contributed by atoms with Crippen molar-refractivity contribution in [3.63, 3.8) is 0 Å². The summed E-state index contributed by atoms with van der Waals surface area (Å²) in [6.07, 6.45) is 1.20. The van der Waals surface area contributed by atoms with Crippen molar-refractivity contribution in [2.75, 3.05) is 45.9 Å². The molecule has 4 aromatic rings. The summed E-state index contributed by atoms with van der Waals surface area (Å²) in [6.45, 7) is 8.84. The van der Waals surface area contributed by atoms with Crippen LogP contribution < -0.4 is 10.2 Å². The SMILES string of the molecule is CC(C)c1nc(C(=O)N2CCOC3(CCN(Cc4ccc(F)c(CCNC[C@H](O)c5ccc(O)c6[nH]c(=O)sc56)c4)CC3)C2)cs1.O=C(O)C(=O)O. The number of piperidine rings is 1. The number of rotatable bonds is 10. The van der Waals surface area contributed by atoms with Gasteiger partial charge in [-0.2, -0.15) is 0 Å². The second-order valence-corrected chi connectivity index (χ2v) is 15.0. The zero-order valence-corrected chi connectivity index (χ0v) is 30.4. The zero-order valence-electron chi connectivity index (χ0n) is 28.8. The van der Waals surface area contributed by atoms with Crippen LogP contribution in [0.4, 0.5) is 4.39 Å². The van der Waals surface area contributed by atoms with E-state index in [0.717, 1.165) is 47.8 Å². The highest BCUT2D eigenvalue weighted by Crippen LogP contribution is 2.33. The predicted molar refractivity (Wildman–Crippen MR) is 193 cm³/mol. The number of phenols is 1. The molecule has 1 atom stereocenters. The molecule has 2 saturated heterocycles. The maximum atomic E-state index is 14.7. The largest absolute Gasteiger partial charge is 0.506 e. The quantitative estimate of drug-likeness (QED) is 0.102. The van der Waals surface area contributed by atoms with Gasteiger partial charge < -0.3 is 40.4 Å². The molecule has 0 saturated carbocycles. The van der Waals surface area contributed by atoms with Crippen LogP contribution in [0.1, 0.15) is 70.9 Å². The Morgan fingerprint density at radius 1 is 1.12 bits per heavy atom. The number of amides is 1. The van der Waals surface area contributed by atoms with Crippen LogP contribution in [0.25, 0.3) is 10.2 Å². The number of nitrogens with one attached hydrogen (secondary N) is 2. The van der Waals surface area contributed by atoms with Crippen molar-refractivity contribution in [3.05, 3.63) is 78.6 Å². The highest BCUT2D eigenvalue weighted by Gasteiger charge is 2.41. The van der Waals surface area contributed by atoms with Gasteiger partial charge in [-0.1, -0.05) is 43.4 Å². The lowest BCUT2D eigenvalue weighted by molar-refractivity contribution is -0.159. The molecule has 17 heteroatoms. The second kappa shape index (κ2) is 17.0. The Hall–Kier alpha value is -4.26. The van der Waals surface area contributed by atoms with Gasteiger partial charge in [-0.05, 0) is 49.1 Å². The number of carbonyl (C=O) groups excluding carboxylic acids is 1. The maximum Gasteiger partial charge on any atom is 0.414 e. The maximum absolute atomic E-state index is 14.7. The number of carbonyl (C=O) groups is 3. The third-order valence-electron chi connectivity index (χ3n) is 9.09. The second-order valence-electron chi connectivity index (χ2n) is 13.2. The van der Waals surface area contributed by atoms with E-state index in [1.54, 1.807) is 6.07 Å². The number of aromatic amines is 1. The number of aromatic hydroxyl groups is 1. The Morgan fingerprint density at radius 2 is 1.85 bits per heavy atom. The van der Waals surface area contributed by atoms with Crippen LogP contribution in [-0.2, 0) is 27.3 Å². The van der Waals surface area contributed by atoms with E-state index in [1.807, 2.05) is 22.4 Å². The molecule has 2 aliphatic heterocycles. The number of phenolic OH excluding ortho intramolecular Hbond substituents is 1. The molecule has 2 aliphatic rings. The first kappa shape index (κ1) is 39.0. The molecule has 0 bridgehead atoms. The first-order valence-corrected chi connectivity index (χ1v) is 18.5. The van der Waals surface area contributed by atoms with Gasteiger partial charge in [-0.15, -0.1) is 11.3 Å². The van der Waals surface area contributed by atoms with E-state index in [0.29, 0.717) is 72.2 Å². The Bertz CT molecular complexity index is 1940. The minimum absolute atomic E-state index is 0.0206. The highest BCUT2D eigenvalue weighted by molar-refractivity contribution is 7.16. The summed E-state index contributed by atoms with van der Waals surface area (Å²) >= 11 is 2.48. The highest BCUT2D eigenvalue weighted by atomic mass is 32.1. The third kappa shape index (κ3) is 9.58. The lowest BCUT2D eigenvalue weighted by Gasteiger charge is -2.47. The van der Waals surface area contributed by atoms with Crippen LogP contribution in [0.15, 0.2) is 40.5 Å². The molecule has 14 nitrogen and oxygen atoms in total. The summed E-state index contributed by atoms with van der Waals surface area (Å²) in [4.78, 5) is 54.3. The number of carboxylic acid groups (broad SMARTS) is 2. The van der Waals surface area contributed by atoms with E-state index in [9.17, 15) is 24.2 Å². The molecular formula is C35H42FN5O9S2. The van der Waals surface area contributed by atoms with E-state index < -0.39 is 18.0 Å². The Balaban J connectivity index is 0.000000803. The van der Waals surface area contributed by atoms with E-state index in [-0.39, 0.29) is 34.5 Å². The minimum atomic E-state index is -1.82. The summed E-state index contributed by atoms with van der Waals surface area (Å²) in [5.74, 6) is -3.67. The number of benzene rings is 2. The van der Waals surface area contributed by atoms with Gasteiger partial charge in [0, 0.05) is 49.6 Å². The lowest BCUT2D eigenvalue weighted by Crippen LogP contribution is -2.58. The summed E-state index contributed by atoms with van der Waals surface area (Å²) < 4.78 is 21.5. The fourth-order valence-corrected chi connectivity index (χ4v) is 8.03. The molecule has 6 rings (SSSR count). The number of halogens is 1. The van der Waals surface area contributed by atoms with Gasteiger partial charge in [0.1, 0.15) is 22.8 Å². The Labute approximate surface area is 306 Å². The van der Waals surface area contributed by atoms with Crippen molar-refractivity contribution in [2.45, 2.75) is 57.3 Å². The van der Waals surface area contributed by atoms with Gasteiger partial charge in [-0.3, -0.25) is 14.5 Å².